The monoisotopic (exact) mass is 261 g/mol. The van der Waals surface area contributed by atoms with Crippen LogP contribution in [-0.2, 0) is 6.42 Å². The molecule has 0 saturated heterocycles. The Hall–Kier alpha value is -1.02. The van der Waals surface area contributed by atoms with Crippen LogP contribution >= 0.6 is 0 Å². The highest BCUT2D eigenvalue weighted by atomic mass is 16.5. The van der Waals surface area contributed by atoms with Crippen molar-refractivity contribution in [1.29, 1.82) is 0 Å². The molecule has 1 aliphatic rings. The van der Waals surface area contributed by atoms with Crippen LogP contribution in [0.2, 0.25) is 0 Å². The van der Waals surface area contributed by atoms with Gasteiger partial charge in [-0.05, 0) is 61.1 Å². The average Bonchev–Trinajstić information content (AvgIpc) is 2.38. The Balaban J connectivity index is 1.93. The Kier molecular flexibility index (Phi) is 4.87. The molecule has 0 radical (unpaired) electrons. The molecule has 106 valence electrons. The van der Waals surface area contributed by atoms with Crippen molar-refractivity contribution in [2.75, 3.05) is 7.11 Å². The SMILES string of the molecule is COc1ccc(CC(N)C2CC(C)CC(C)C2)cc1. The van der Waals surface area contributed by atoms with Crippen LogP contribution in [0.1, 0.15) is 38.7 Å². The molecule has 2 N–H and O–H groups in total. The van der Waals surface area contributed by atoms with E-state index in [-0.39, 0.29) is 0 Å². The maximum absolute atomic E-state index is 6.44. The van der Waals surface area contributed by atoms with E-state index in [0.29, 0.717) is 12.0 Å². The molecule has 3 unspecified atom stereocenters. The summed E-state index contributed by atoms with van der Waals surface area (Å²) in [6.07, 6.45) is 4.93. The third-order valence-electron chi connectivity index (χ3n) is 4.45. The highest BCUT2D eigenvalue weighted by Gasteiger charge is 2.28. The van der Waals surface area contributed by atoms with Gasteiger partial charge in [0.25, 0.3) is 0 Å². The van der Waals surface area contributed by atoms with E-state index in [1.54, 1.807) is 7.11 Å². The van der Waals surface area contributed by atoms with Gasteiger partial charge in [-0.2, -0.15) is 0 Å². The number of rotatable bonds is 4. The van der Waals surface area contributed by atoms with Crippen molar-refractivity contribution in [3.05, 3.63) is 29.8 Å². The lowest BCUT2D eigenvalue weighted by Gasteiger charge is -2.35. The summed E-state index contributed by atoms with van der Waals surface area (Å²) in [4.78, 5) is 0. The van der Waals surface area contributed by atoms with Crippen LogP contribution in [0.5, 0.6) is 5.75 Å². The lowest BCUT2D eigenvalue weighted by Crippen LogP contribution is -2.37. The molecule has 0 aromatic heterocycles. The summed E-state index contributed by atoms with van der Waals surface area (Å²) < 4.78 is 5.19. The van der Waals surface area contributed by atoms with Gasteiger partial charge in [-0.15, -0.1) is 0 Å². The topological polar surface area (TPSA) is 35.2 Å². The zero-order valence-corrected chi connectivity index (χ0v) is 12.4. The molecule has 3 atom stereocenters. The van der Waals surface area contributed by atoms with Gasteiger partial charge in [0.1, 0.15) is 5.75 Å². The first-order valence-electron chi connectivity index (χ1n) is 7.47. The lowest BCUT2D eigenvalue weighted by atomic mass is 9.73. The van der Waals surface area contributed by atoms with Crippen molar-refractivity contribution in [1.82, 2.24) is 0 Å². The molecule has 1 aromatic carbocycles. The second kappa shape index (κ2) is 6.42. The van der Waals surface area contributed by atoms with Crippen molar-refractivity contribution in [2.24, 2.45) is 23.5 Å². The molecule has 1 aromatic rings. The van der Waals surface area contributed by atoms with Gasteiger partial charge in [0.15, 0.2) is 0 Å². The fourth-order valence-corrected chi connectivity index (χ4v) is 3.56. The standard InChI is InChI=1S/C17H27NO/c1-12-8-13(2)10-15(9-12)17(18)11-14-4-6-16(19-3)7-5-14/h4-7,12-13,15,17H,8-11,18H2,1-3H3. The van der Waals surface area contributed by atoms with Gasteiger partial charge in [0.2, 0.25) is 0 Å². The van der Waals surface area contributed by atoms with Gasteiger partial charge in [-0.25, -0.2) is 0 Å². The summed E-state index contributed by atoms with van der Waals surface area (Å²) in [5.74, 6) is 3.25. The number of hydrogen-bond donors (Lipinski definition) is 1. The third-order valence-corrected chi connectivity index (χ3v) is 4.45. The largest absolute Gasteiger partial charge is 0.497 e. The smallest absolute Gasteiger partial charge is 0.118 e. The van der Waals surface area contributed by atoms with Crippen molar-refractivity contribution < 1.29 is 4.74 Å². The number of nitrogens with two attached hydrogens (primary N) is 1. The van der Waals surface area contributed by atoms with Gasteiger partial charge in [0.05, 0.1) is 7.11 Å². The van der Waals surface area contributed by atoms with Crippen LogP contribution in [0.4, 0.5) is 0 Å². The van der Waals surface area contributed by atoms with Crippen molar-refractivity contribution in [3.8, 4) is 5.75 Å². The summed E-state index contributed by atoms with van der Waals surface area (Å²) in [5.41, 5.74) is 7.76. The molecule has 1 saturated carbocycles. The van der Waals surface area contributed by atoms with Crippen molar-refractivity contribution >= 4 is 0 Å². The van der Waals surface area contributed by atoms with Gasteiger partial charge >= 0.3 is 0 Å². The lowest BCUT2D eigenvalue weighted by molar-refractivity contribution is 0.192. The van der Waals surface area contributed by atoms with E-state index in [0.717, 1.165) is 24.0 Å². The van der Waals surface area contributed by atoms with Crippen LogP contribution in [0.3, 0.4) is 0 Å². The molecule has 0 bridgehead atoms. The van der Waals surface area contributed by atoms with E-state index in [1.807, 2.05) is 12.1 Å². The van der Waals surface area contributed by atoms with Crippen molar-refractivity contribution in [2.45, 2.75) is 45.6 Å². The van der Waals surface area contributed by atoms with Gasteiger partial charge in [0, 0.05) is 6.04 Å². The van der Waals surface area contributed by atoms with Crippen LogP contribution < -0.4 is 10.5 Å². The number of ether oxygens (including phenoxy) is 1. The first-order valence-corrected chi connectivity index (χ1v) is 7.47. The Morgan fingerprint density at radius 3 is 2.21 bits per heavy atom. The molecular weight excluding hydrogens is 234 g/mol. The Morgan fingerprint density at radius 2 is 1.68 bits per heavy atom. The van der Waals surface area contributed by atoms with Crippen LogP contribution in [-0.4, -0.2) is 13.2 Å². The van der Waals surface area contributed by atoms with Crippen molar-refractivity contribution in [3.63, 3.8) is 0 Å². The molecule has 1 aliphatic carbocycles. The maximum atomic E-state index is 6.44. The van der Waals surface area contributed by atoms with E-state index in [1.165, 1.54) is 24.8 Å². The zero-order valence-electron chi connectivity index (χ0n) is 12.4. The molecule has 0 heterocycles. The highest BCUT2D eigenvalue weighted by Crippen LogP contribution is 2.34. The molecule has 1 fully saturated rings. The molecule has 2 rings (SSSR count). The van der Waals surface area contributed by atoms with E-state index in [9.17, 15) is 0 Å². The first kappa shape index (κ1) is 14.4. The average molecular weight is 261 g/mol. The van der Waals surface area contributed by atoms with Gasteiger partial charge in [-0.1, -0.05) is 26.0 Å². The molecule has 2 nitrogen and oxygen atoms in total. The fourth-order valence-electron chi connectivity index (χ4n) is 3.56. The second-order valence-corrected chi connectivity index (χ2v) is 6.39. The minimum Gasteiger partial charge on any atom is -0.497 e. The quantitative estimate of drug-likeness (QED) is 0.898. The summed E-state index contributed by atoms with van der Waals surface area (Å²) in [6, 6.07) is 8.60. The van der Waals surface area contributed by atoms with Gasteiger partial charge < -0.3 is 10.5 Å². The maximum Gasteiger partial charge on any atom is 0.118 e. The molecule has 19 heavy (non-hydrogen) atoms. The molecule has 2 heteroatoms. The Bertz CT molecular complexity index is 377. The zero-order chi connectivity index (χ0) is 13.8. The van der Waals surface area contributed by atoms with E-state index < -0.39 is 0 Å². The predicted molar refractivity (Wildman–Crippen MR) is 80.3 cm³/mol. The first-order chi connectivity index (χ1) is 9.08. The minimum absolute atomic E-state index is 0.290. The number of hydrogen-bond acceptors (Lipinski definition) is 2. The normalized spacial score (nSPS) is 28.9. The fraction of sp³-hybridized carbons (Fsp3) is 0.647. The molecule has 0 aliphatic heterocycles. The summed E-state index contributed by atoms with van der Waals surface area (Å²) >= 11 is 0. The number of methoxy groups -OCH3 is 1. The van der Waals surface area contributed by atoms with Crippen LogP contribution in [0.25, 0.3) is 0 Å². The van der Waals surface area contributed by atoms with E-state index in [4.69, 9.17) is 10.5 Å². The predicted octanol–water partition coefficient (Wildman–Crippen LogP) is 3.64. The Morgan fingerprint density at radius 1 is 1.11 bits per heavy atom. The third kappa shape index (κ3) is 3.97. The van der Waals surface area contributed by atoms with E-state index >= 15 is 0 Å². The molecule has 0 amide bonds. The second-order valence-electron chi connectivity index (χ2n) is 6.39. The minimum atomic E-state index is 0.290. The summed E-state index contributed by atoms with van der Waals surface area (Å²) in [6.45, 7) is 4.73. The van der Waals surface area contributed by atoms with Gasteiger partial charge in [-0.3, -0.25) is 0 Å². The number of benzene rings is 1. The molecule has 0 spiro atoms. The van der Waals surface area contributed by atoms with Crippen LogP contribution in [0.15, 0.2) is 24.3 Å². The van der Waals surface area contributed by atoms with Crippen LogP contribution in [0, 0.1) is 17.8 Å². The summed E-state index contributed by atoms with van der Waals surface area (Å²) in [5, 5.41) is 0. The van der Waals surface area contributed by atoms with E-state index in [2.05, 4.69) is 26.0 Å². The summed E-state index contributed by atoms with van der Waals surface area (Å²) in [7, 11) is 1.70. The highest BCUT2D eigenvalue weighted by molar-refractivity contribution is 5.27. The molecular formula is C17H27NO. The Labute approximate surface area is 117 Å².